The highest BCUT2D eigenvalue weighted by Crippen LogP contribution is 2.13. The summed E-state index contributed by atoms with van der Waals surface area (Å²) in [5.41, 5.74) is 5.17. The average Bonchev–Trinajstić information content (AvgIpc) is 3.60. The Kier molecular flexibility index (Phi) is 18.9. The molecule has 13 nitrogen and oxygen atoms in total. The number of nitrogens with one attached hydrogen (secondary N) is 3. The van der Waals surface area contributed by atoms with Crippen LogP contribution >= 0.6 is 11.6 Å². The predicted molar refractivity (Wildman–Crippen MR) is 175 cm³/mol. The summed E-state index contributed by atoms with van der Waals surface area (Å²) in [5, 5.41) is 8.73. The topological polar surface area (TPSA) is 162 Å². The van der Waals surface area contributed by atoms with E-state index in [0.717, 1.165) is 64.1 Å². The number of nitrogens with zero attached hydrogens (tertiary/aromatic N) is 3. The minimum atomic E-state index is -0.741. The van der Waals surface area contributed by atoms with Gasteiger partial charge >= 0.3 is 6.09 Å². The number of aromatic nitrogens is 2. The van der Waals surface area contributed by atoms with Crippen molar-refractivity contribution >= 4 is 35.5 Å². The largest absolute Gasteiger partial charge is 0.444 e. The second-order valence-corrected chi connectivity index (χ2v) is 12.8. The average molecular weight is 658 g/mol. The Labute approximate surface area is 273 Å². The number of carbonyl (C=O) groups excluding carboxylic acids is 3. The van der Waals surface area contributed by atoms with Crippen LogP contribution in [0.15, 0.2) is 12.4 Å². The maximum absolute atomic E-state index is 13.2. The van der Waals surface area contributed by atoms with Crippen molar-refractivity contribution in [1.82, 2.24) is 30.4 Å². The van der Waals surface area contributed by atoms with Gasteiger partial charge in [0.1, 0.15) is 11.6 Å². The van der Waals surface area contributed by atoms with Crippen molar-refractivity contribution in [1.29, 1.82) is 0 Å². The molecular weight excluding hydrogens is 602 g/mol. The third-order valence-electron chi connectivity index (χ3n) is 7.26. The SMILES string of the molecule is CC(C)(C)OC(=O)N[C@@H](CCCn1ccnc1N)C(=O)N[C@@H]1CCN(CCCC(=O)NCCOCCOCCCCCCCl)C1. The van der Waals surface area contributed by atoms with E-state index in [4.69, 9.17) is 31.5 Å². The number of alkyl halides is 1. The number of aryl methyl sites for hydroxylation is 1. The molecule has 0 aromatic carbocycles. The van der Waals surface area contributed by atoms with Crippen molar-refractivity contribution in [2.45, 2.75) is 103 Å². The lowest BCUT2D eigenvalue weighted by molar-refractivity contribution is -0.124. The number of hydrogen-bond acceptors (Lipinski definition) is 9. The quantitative estimate of drug-likeness (QED) is 0.102. The summed E-state index contributed by atoms with van der Waals surface area (Å²) in [7, 11) is 0. The van der Waals surface area contributed by atoms with Crippen LogP contribution in [0.3, 0.4) is 0 Å². The van der Waals surface area contributed by atoms with E-state index in [0.29, 0.717) is 64.7 Å². The summed E-state index contributed by atoms with van der Waals surface area (Å²) >= 11 is 5.67. The van der Waals surface area contributed by atoms with E-state index >= 15 is 0 Å². The first-order chi connectivity index (χ1) is 21.6. The highest BCUT2D eigenvalue weighted by molar-refractivity contribution is 6.17. The van der Waals surface area contributed by atoms with Crippen LogP contribution in [0.4, 0.5) is 10.7 Å². The lowest BCUT2D eigenvalue weighted by Crippen LogP contribution is -2.51. The van der Waals surface area contributed by atoms with Crippen LogP contribution in [-0.2, 0) is 30.3 Å². The van der Waals surface area contributed by atoms with Crippen molar-refractivity contribution in [2.75, 3.05) is 64.2 Å². The molecule has 0 spiro atoms. The first kappa shape index (κ1) is 38.6. The molecule has 0 saturated carbocycles. The molecular formula is C31H56ClN7O6. The number of rotatable bonds is 23. The highest BCUT2D eigenvalue weighted by atomic mass is 35.5. The van der Waals surface area contributed by atoms with Gasteiger partial charge in [-0.1, -0.05) is 12.8 Å². The molecule has 3 amide bonds. The zero-order chi connectivity index (χ0) is 32.9. The van der Waals surface area contributed by atoms with Gasteiger partial charge < -0.3 is 45.4 Å². The Morgan fingerprint density at radius 2 is 1.80 bits per heavy atom. The van der Waals surface area contributed by atoms with Gasteiger partial charge in [-0.2, -0.15) is 0 Å². The molecule has 1 fully saturated rings. The van der Waals surface area contributed by atoms with E-state index < -0.39 is 17.7 Å². The van der Waals surface area contributed by atoms with Crippen LogP contribution in [0.1, 0.15) is 78.6 Å². The zero-order valence-electron chi connectivity index (χ0n) is 27.5. The molecule has 2 atom stereocenters. The molecule has 258 valence electrons. The number of likely N-dealkylation sites (tertiary alicyclic amines) is 1. The van der Waals surface area contributed by atoms with Gasteiger partial charge in [-0.05, 0) is 65.8 Å². The number of hydrogen-bond donors (Lipinski definition) is 4. The first-order valence-electron chi connectivity index (χ1n) is 16.3. The van der Waals surface area contributed by atoms with Gasteiger partial charge in [-0.3, -0.25) is 9.59 Å². The maximum Gasteiger partial charge on any atom is 0.408 e. The molecule has 0 unspecified atom stereocenters. The number of nitrogens with two attached hydrogens (primary N) is 1. The second-order valence-electron chi connectivity index (χ2n) is 12.4. The molecule has 1 aliphatic rings. The van der Waals surface area contributed by atoms with Crippen molar-refractivity contribution in [3.63, 3.8) is 0 Å². The van der Waals surface area contributed by atoms with E-state index in [2.05, 4.69) is 25.8 Å². The van der Waals surface area contributed by atoms with Gasteiger partial charge in [0.25, 0.3) is 0 Å². The number of nitrogen functional groups attached to an aromatic ring is 1. The van der Waals surface area contributed by atoms with Gasteiger partial charge in [0.2, 0.25) is 11.8 Å². The summed E-state index contributed by atoms with van der Waals surface area (Å²) in [6.07, 6.45) is 10.1. The highest BCUT2D eigenvalue weighted by Gasteiger charge is 2.29. The Morgan fingerprint density at radius 1 is 1.04 bits per heavy atom. The number of imidazole rings is 1. The predicted octanol–water partition coefficient (Wildman–Crippen LogP) is 3.06. The second kappa shape index (κ2) is 22.0. The van der Waals surface area contributed by atoms with Gasteiger partial charge in [0.05, 0.1) is 19.8 Å². The van der Waals surface area contributed by atoms with E-state index in [1.165, 1.54) is 0 Å². The lowest BCUT2D eigenvalue weighted by Gasteiger charge is -2.24. The summed E-state index contributed by atoms with van der Waals surface area (Å²) < 4.78 is 18.3. The van der Waals surface area contributed by atoms with Crippen LogP contribution in [-0.4, -0.2) is 109 Å². The smallest absolute Gasteiger partial charge is 0.408 e. The van der Waals surface area contributed by atoms with Gasteiger partial charge in [-0.25, -0.2) is 9.78 Å². The van der Waals surface area contributed by atoms with E-state index in [1.807, 2.05) is 0 Å². The normalized spacial score (nSPS) is 16.0. The number of carbonyl (C=O) groups is 3. The van der Waals surface area contributed by atoms with Crippen molar-refractivity contribution in [3.05, 3.63) is 12.4 Å². The summed E-state index contributed by atoms with van der Waals surface area (Å²) in [4.78, 5) is 44.1. The standard InChI is InChI=1S/C31H56ClN7O6/c1-31(2,3)45-30(42)37-26(10-8-17-39-19-14-35-29(39)33)28(41)36-25-12-18-38(24-25)16-9-11-27(40)34-15-21-44-23-22-43-20-7-5-4-6-13-32/h14,19,25-26H,4-13,15-18,20-24H2,1-3H3,(H2,33,35)(H,34,40)(H,36,41)(H,37,42)/t25-,26+/m1/s1. The fourth-order valence-electron chi connectivity index (χ4n) is 4.96. The molecule has 0 aliphatic carbocycles. The lowest BCUT2D eigenvalue weighted by atomic mass is 10.1. The Morgan fingerprint density at radius 3 is 2.51 bits per heavy atom. The third kappa shape index (κ3) is 18.2. The van der Waals surface area contributed by atoms with Gasteiger partial charge in [-0.15, -0.1) is 11.6 Å². The van der Waals surface area contributed by atoms with Gasteiger partial charge in [0.15, 0.2) is 5.95 Å². The number of anilines is 1. The Hall–Kier alpha value is -2.61. The molecule has 2 rings (SSSR count). The maximum atomic E-state index is 13.2. The van der Waals surface area contributed by atoms with E-state index in [-0.39, 0.29) is 17.9 Å². The molecule has 5 N–H and O–H groups in total. The number of alkyl carbamates (subject to hydrolysis) is 1. The summed E-state index contributed by atoms with van der Waals surface area (Å²) in [6.45, 7) is 11.0. The fraction of sp³-hybridized carbons (Fsp3) is 0.806. The van der Waals surface area contributed by atoms with E-state index in [1.54, 1.807) is 37.7 Å². The molecule has 14 heteroatoms. The Bertz CT molecular complexity index is 990. The number of ether oxygens (including phenoxy) is 3. The van der Waals surface area contributed by atoms with E-state index in [9.17, 15) is 14.4 Å². The fourth-order valence-corrected chi connectivity index (χ4v) is 5.15. The molecule has 45 heavy (non-hydrogen) atoms. The number of amides is 3. The first-order valence-corrected chi connectivity index (χ1v) is 16.9. The van der Waals surface area contributed by atoms with Gasteiger partial charge in [0, 0.05) is 63.5 Å². The minimum Gasteiger partial charge on any atom is -0.444 e. The zero-order valence-corrected chi connectivity index (χ0v) is 28.2. The third-order valence-corrected chi connectivity index (χ3v) is 7.52. The van der Waals surface area contributed by atoms with Crippen LogP contribution in [0.2, 0.25) is 0 Å². The van der Waals surface area contributed by atoms with Crippen LogP contribution in [0, 0.1) is 0 Å². The van der Waals surface area contributed by atoms with Crippen molar-refractivity contribution < 1.29 is 28.6 Å². The Balaban J connectivity index is 1.60. The molecule has 1 aromatic rings. The summed E-state index contributed by atoms with van der Waals surface area (Å²) in [5.74, 6) is 0.894. The number of unbranched alkanes of at least 4 members (excludes halogenated alkanes) is 3. The van der Waals surface area contributed by atoms with Crippen molar-refractivity contribution in [3.8, 4) is 0 Å². The monoisotopic (exact) mass is 657 g/mol. The van der Waals surface area contributed by atoms with Crippen molar-refractivity contribution in [2.24, 2.45) is 0 Å². The summed E-state index contributed by atoms with van der Waals surface area (Å²) in [6, 6.07) is -0.772. The van der Waals surface area contributed by atoms with Crippen LogP contribution in [0.5, 0.6) is 0 Å². The molecule has 0 radical (unpaired) electrons. The molecule has 1 aliphatic heterocycles. The molecule has 1 aromatic heterocycles. The molecule has 1 saturated heterocycles. The van der Waals surface area contributed by atoms with Crippen LogP contribution in [0.25, 0.3) is 0 Å². The number of halogens is 1. The molecule has 2 heterocycles. The van der Waals surface area contributed by atoms with Crippen LogP contribution < -0.4 is 21.7 Å². The molecule has 0 bridgehead atoms. The minimum absolute atomic E-state index is 0.00403.